The summed E-state index contributed by atoms with van der Waals surface area (Å²) in [6.45, 7) is 5.52. The van der Waals surface area contributed by atoms with E-state index in [1.807, 2.05) is 6.07 Å². The summed E-state index contributed by atoms with van der Waals surface area (Å²) in [6, 6.07) is 5.85. The summed E-state index contributed by atoms with van der Waals surface area (Å²) in [4.78, 5) is 0. The Hall–Kier alpha value is -0.660. The predicted octanol–water partition coefficient (Wildman–Crippen LogP) is 5.38. The Kier molecular flexibility index (Phi) is 4.01. The highest BCUT2D eigenvalue weighted by Crippen LogP contribution is 2.29. The van der Waals surface area contributed by atoms with Gasteiger partial charge in [-0.05, 0) is 30.5 Å². The fraction of sp³-hybridized carbons (Fsp3) is 0.429. The zero-order valence-corrected chi connectivity index (χ0v) is 11.7. The summed E-state index contributed by atoms with van der Waals surface area (Å²) >= 11 is 12.2. The SMILES string of the molecule is CCCC(C)Cn1ccc2c(Cl)cc(Cl)cc21. The van der Waals surface area contributed by atoms with Gasteiger partial charge in [0.15, 0.2) is 0 Å². The molecule has 0 aliphatic heterocycles. The lowest BCUT2D eigenvalue weighted by molar-refractivity contribution is 0.453. The second kappa shape index (κ2) is 5.32. The number of benzene rings is 1. The van der Waals surface area contributed by atoms with Crippen LogP contribution >= 0.6 is 23.2 Å². The minimum atomic E-state index is 0.674. The van der Waals surface area contributed by atoms with Crippen molar-refractivity contribution in [3.05, 3.63) is 34.4 Å². The third-order valence-corrected chi connectivity index (χ3v) is 3.62. The Balaban J connectivity index is 2.35. The maximum atomic E-state index is 6.18. The van der Waals surface area contributed by atoms with Crippen LogP contribution in [0.25, 0.3) is 10.9 Å². The van der Waals surface area contributed by atoms with Crippen molar-refractivity contribution in [1.29, 1.82) is 0 Å². The van der Waals surface area contributed by atoms with Gasteiger partial charge in [0.2, 0.25) is 0 Å². The van der Waals surface area contributed by atoms with Crippen LogP contribution in [0.3, 0.4) is 0 Å². The van der Waals surface area contributed by atoms with Gasteiger partial charge in [-0.1, -0.05) is 43.5 Å². The van der Waals surface area contributed by atoms with Gasteiger partial charge in [0.25, 0.3) is 0 Å². The van der Waals surface area contributed by atoms with Gasteiger partial charge >= 0.3 is 0 Å². The second-order valence-electron chi connectivity index (χ2n) is 4.68. The molecule has 92 valence electrons. The molecule has 0 bridgehead atoms. The molecule has 0 aliphatic carbocycles. The average Bonchev–Trinajstić information content (AvgIpc) is 2.62. The second-order valence-corrected chi connectivity index (χ2v) is 5.53. The summed E-state index contributed by atoms with van der Waals surface area (Å²) in [5.41, 5.74) is 1.13. The third kappa shape index (κ3) is 2.78. The zero-order chi connectivity index (χ0) is 12.4. The number of rotatable bonds is 4. The molecule has 2 rings (SSSR count). The van der Waals surface area contributed by atoms with E-state index in [0.29, 0.717) is 10.9 Å². The van der Waals surface area contributed by atoms with E-state index in [9.17, 15) is 0 Å². The van der Waals surface area contributed by atoms with Crippen LogP contribution in [0.15, 0.2) is 24.4 Å². The molecule has 0 saturated carbocycles. The van der Waals surface area contributed by atoms with Gasteiger partial charge in [-0.3, -0.25) is 0 Å². The van der Waals surface area contributed by atoms with Gasteiger partial charge in [0.1, 0.15) is 0 Å². The van der Waals surface area contributed by atoms with Crippen molar-refractivity contribution >= 4 is 34.1 Å². The summed E-state index contributed by atoms with van der Waals surface area (Å²) in [5.74, 6) is 0.674. The van der Waals surface area contributed by atoms with E-state index in [-0.39, 0.29) is 0 Å². The first kappa shape index (κ1) is 12.8. The van der Waals surface area contributed by atoms with Gasteiger partial charge < -0.3 is 4.57 Å². The molecule has 17 heavy (non-hydrogen) atoms. The van der Waals surface area contributed by atoms with E-state index in [0.717, 1.165) is 22.5 Å². The van der Waals surface area contributed by atoms with Crippen molar-refractivity contribution in [2.24, 2.45) is 5.92 Å². The van der Waals surface area contributed by atoms with Crippen LogP contribution in [-0.4, -0.2) is 4.57 Å². The molecule has 1 heterocycles. The lowest BCUT2D eigenvalue weighted by atomic mass is 10.1. The molecular weight excluding hydrogens is 253 g/mol. The van der Waals surface area contributed by atoms with Crippen molar-refractivity contribution in [3.63, 3.8) is 0 Å². The molecule has 0 fully saturated rings. The number of hydrogen-bond acceptors (Lipinski definition) is 0. The average molecular weight is 270 g/mol. The fourth-order valence-electron chi connectivity index (χ4n) is 2.30. The van der Waals surface area contributed by atoms with E-state index in [1.54, 1.807) is 6.07 Å². The Morgan fingerprint density at radius 2 is 2.06 bits per heavy atom. The highest BCUT2D eigenvalue weighted by molar-refractivity contribution is 6.38. The molecule has 2 aromatic rings. The first-order chi connectivity index (χ1) is 8.11. The Labute approximate surface area is 112 Å². The first-order valence-corrected chi connectivity index (χ1v) is 6.81. The standard InChI is InChI=1S/C14H17Cl2N/c1-3-4-10(2)9-17-6-5-12-13(16)7-11(15)8-14(12)17/h5-8,10H,3-4,9H2,1-2H3. The molecular formula is C14H17Cl2N. The Bertz CT molecular complexity index is 516. The van der Waals surface area contributed by atoms with Crippen LogP contribution in [0, 0.1) is 5.92 Å². The van der Waals surface area contributed by atoms with Crippen molar-refractivity contribution in [2.75, 3.05) is 0 Å². The van der Waals surface area contributed by atoms with Gasteiger partial charge in [-0.15, -0.1) is 0 Å². The molecule has 0 saturated heterocycles. The molecule has 1 aromatic heterocycles. The van der Waals surface area contributed by atoms with E-state index >= 15 is 0 Å². The van der Waals surface area contributed by atoms with Crippen molar-refractivity contribution in [1.82, 2.24) is 4.57 Å². The van der Waals surface area contributed by atoms with Crippen molar-refractivity contribution in [2.45, 2.75) is 33.2 Å². The first-order valence-electron chi connectivity index (χ1n) is 6.05. The normalized spacial score (nSPS) is 13.2. The van der Waals surface area contributed by atoms with Crippen LogP contribution in [0.4, 0.5) is 0 Å². The number of fused-ring (bicyclic) bond motifs is 1. The monoisotopic (exact) mass is 269 g/mol. The predicted molar refractivity (Wildman–Crippen MR) is 76.0 cm³/mol. The molecule has 0 radical (unpaired) electrons. The van der Waals surface area contributed by atoms with Crippen LogP contribution in [0.2, 0.25) is 10.0 Å². The molecule has 1 unspecified atom stereocenters. The summed E-state index contributed by atoms with van der Waals surface area (Å²) in [6.07, 6.45) is 4.56. The number of hydrogen-bond donors (Lipinski definition) is 0. The smallest absolute Gasteiger partial charge is 0.0514 e. The van der Waals surface area contributed by atoms with Crippen molar-refractivity contribution < 1.29 is 0 Å². The molecule has 0 spiro atoms. The van der Waals surface area contributed by atoms with Gasteiger partial charge in [0, 0.05) is 23.2 Å². The highest BCUT2D eigenvalue weighted by Gasteiger charge is 2.08. The van der Waals surface area contributed by atoms with E-state index in [1.165, 1.54) is 12.8 Å². The maximum Gasteiger partial charge on any atom is 0.0514 e. The van der Waals surface area contributed by atoms with Gasteiger partial charge in [-0.2, -0.15) is 0 Å². The molecule has 0 N–H and O–H groups in total. The lowest BCUT2D eigenvalue weighted by Crippen LogP contribution is -2.06. The van der Waals surface area contributed by atoms with Crippen molar-refractivity contribution in [3.8, 4) is 0 Å². The zero-order valence-electron chi connectivity index (χ0n) is 10.2. The minimum Gasteiger partial charge on any atom is -0.347 e. The molecule has 1 atom stereocenters. The number of aromatic nitrogens is 1. The Morgan fingerprint density at radius 1 is 1.29 bits per heavy atom. The molecule has 0 aliphatic rings. The summed E-state index contributed by atoms with van der Waals surface area (Å²) in [7, 11) is 0. The molecule has 1 nitrogen and oxygen atoms in total. The van der Waals surface area contributed by atoms with Crippen LogP contribution in [0.1, 0.15) is 26.7 Å². The topological polar surface area (TPSA) is 4.93 Å². The summed E-state index contributed by atoms with van der Waals surface area (Å²) < 4.78 is 2.24. The number of halogens is 2. The summed E-state index contributed by atoms with van der Waals surface area (Å²) in [5, 5.41) is 2.51. The molecule has 0 amide bonds. The third-order valence-electron chi connectivity index (χ3n) is 3.09. The quantitative estimate of drug-likeness (QED) is 0.702. The molecule has 1 aromatic carbocycles. The minimum absolute atomic E-state index is 0.674. The number of nitrogens with zero attached hydrogens (tertiary/aromatic N) is 1. The van der Waals surface area contributed by atoms with E-state index in [2.05, 4.69) is 30.7 Å². The van der Waals surface area contributed by atoms with Gasteiger partial charge in [-0.25, -0.2) is 0 Å². The lowest BCUT2D eigenvalue weighted by Gasteiger charge is -2.12. The van der Waals surface area contributed by atoms with Crippen LogP contribution in [-0.2, 0) is 6.54 Å². The van der Waals surface area contributed by atoms with E-state index in [4.69, 9.17) is 23.2 Å². The maximum absolute atomic E-state index is 6.18. The molecule has 3 heteroatoms. The Morgan fingerprint density at radius 3 is 2.76 bits per heavy atom. The van der Waals surface area contributed by atoms with E-state index < -0.39 is 0 Å². The largest absolute Gasteiger partial charge is 0.347 e. The van der Waals surface area contributed by atoms with Crippen LogP contribution in [0.5, 0.6) is 0 Å². The van der Waals surface area contributed by atoms with Gasteiger partial charge in [0.05, 0.1) is 10.5 Å². The fourth-order valence-corrected chi connectivity index (χ4v) is 2.84. The van der Waals surface area contributed by atoms with Crippen LogP contribution < -0.4 is 0 Å². The highest BCUT2D eigenvalue weighted by atomic mass is 35.5.